The Morgan fingerprint density at radius 1 is 0.304 bits per heavy atom. The molecule has 0 aliphatic rings. The van der Waals surface area contributed by atoms with Crippen molar-refractivity contribution in [2.45, 2.75) is 86.7 Å². The van der Waals surface area contributed by atoms with Crippen molar-refractivity contribution in [3.63, 3.8) is 0 Å². The van der Waals surface area contributed by atoms with Crippen LogP contribution in [0.4, 0.5) is 40.6 Å². The molecule has 0 aliphatic carbocycles. The van der Waals surface area contributed by atoms with E-state index in [-0.39, 0.29) is 17.5 Å². The maximum Gasteiger partial charge on any atom is 0.255 e. The average Bonchev–Trinajstić information content (AvgIpc) is 1.63. The predicted octanol–water partition coefficient (Wildman–Crippen LogP) is 22.9. The number of Topliss-reactive ketones (excluding diaryl/α,β-unsaturated/α-hetero) is 2. The summed E-state index contributed by atoms with van der Waals surface area (Å²) in [7, 11) is 7.93. The number of thiocarbonyl (C=S) groups is 1. The zero-order chi connectivity index (χ0) is 95.7. The van der Waals surface area contributed by atoms with E-state index in [1.165, 1.54) is 22.3 Å². The second-order valence-corrected chi connectivity index (χ2v) is 35.1. The molecule has 684 valence electrons. The second kappa shape index (κ2) is 42.9. The molecular formula is C113H103N21O3S. The first kappa shape index (κ1) is 92.8. The van der Waals surface area contributed by atoms with Crippen LogP contribution in [0, 0.1) is 41.5 Å². The number of carbonyl (C=O) groups is 3. The highest BCUT2D eigenvalue weighted by atomic mass is 32.1. The van der Waals surface area contributed by atoms with E-state index >= 15 is 0 Å². The van der Waals surface area contributed by atoms with Gasteiger partial charge in [-0.05, 0) is 219 Å². The lowest BCUT2D eigenvalue weighted by molar-refractivity contribution is -0.117. The lowest BCUT2D eigenvalue weighted by atomic mass is 10.00. The molecule has 0 atom stereocenters. The Kier molecular flexibility index (Phi) is 28.8. The van der Waals surface area contributed by atoms with Gasteiger partial charge in [-0.3, -0.25) is 24.4 Å². The molecule has 24 nitrogen and oxygen atoms in total. The Labute approximate surface area is 806 Å². The molecule has 5 N–H and O–H groups in total. The number of hydrogen-bond donors (Lipinski definition) is 5. The lowest BCUT2D eigenvalue weighted by Gasteiger charge is -2.12. The van der Waals surface area contributed by atoms with Gasteiger partial charge in [0.2, 0.25) is 0 Å². The third-order valence-electron chi connectivity index (χ3n) is 23.3. The molecule has 8 aromatic carbocycles. The first-order valence-electron chi connectivity index (χ1n) is 45.5. The van der Waals surface area contributed by atoms with Crippen LogP contribution in [0.3, 0.4) is 0 Å². The molecule has 12 aromatic heterocycles. The number of benzene rings is 8. The van der Waals surface area contributed by atoms with Crippen molar-refractivity contribution in [2.24, 2.45) is 28.2 Å². The molecule has 12 heterocycles. The number of nitrogens with zero attached hydrogens (tertiary/aromatic N) is 16. The number of hydrogen-bond acceptors (Lipinski definition) is 20. The first-order chi connectivity index (χ1) is 67.0. The second-order valence-electron chi connectivity index (χ2n) is 34.6. The van der Waals surface area contributed by atoms with Crippen molar-refractivity contribution >= 4 is 119 Å². The van der Waals surface area contributed by atoms with Crippen molar-refractivity contribution in [1.29, 1.82) is 0 Å². The number of rotatable bonds is 27. The zero-order valence-electron chi connectivity index (χ0n) is 78.4. The fraction of sp³-hybridized carbons (Fsp3) is 0.150. The van der Waals surface area contributed by atoms with Crippen molar-refractivity contribution in [1.82, 2.24) is 78.1 Å². The molecule has 0 fully saturated rings. The van der Waals surface area contributed by atoms with E-state index in [2.05, 4.69) is 108 Å². The molecule has 0 spiro atoms. The quantitative estimate of drug-likeness (QED) is 0.0236. The molecule has 0 bridgehead atoms. The number of aryl methyl sites for hydroxylation is 10. The first-order valence-corrected chi connectivity index (χ1v) is 45.9. The van der Waals surface area contributed by atoms with Crippen LogP contribution >= 0.6 is 12.2 Å². The van der Waals surface area contributed by atoms with Crippen molar-refractivity contribution in [3.8, 4) is 45.6 Å². The predicted molar refractivity (Wildman–Crippen MR) is 557 cm³/mol. The van der Waals surface area contributed by atoms with E-state index in [1.54, 1.807) is 43.2 Å². The minimum atomic E-state index is -0.185. The van der Waals surface area contributed by atoms with Crippen LogP contribution in [-0.2, 0) is 78.2 Å². The summed E-state index contributed by atoms with van der Waals surface area (Å²) in [6, 6.07) is 87.4. The molecule has 0 unspecified atom stereocenters. The summed E-state index contributed by atoms with van der Waals surface area (Å²) in [5.74, 6) is 6.91. The Morgan fingerprint density at radius 3 is 1.07 bits per heavy atom. The van der Waals surface area contributed by atoms with E-state index in [9.17, 15) is 14.4 Å². The number of ketones is 2. The number of fused-ring (bicyclic) bond motifs is 4. The van der Waals surface area contributed by atoms with Gasteiger partial charge in [0.1, 0.15) is 39.5 Å². The van der Waals surface area contributed by atoms with E-state index in [0.29, 0.717) is 78.7 Å². The largest absolute Gasteiger partial charge is 0.364 e. The molecule has 138 heavy (non-hydrogen) atoms. The highest BCUT2D eigenvalue weighted by Gasteiger charge is 2.22. The lowest BCUT2D eigenvalue weighted by Crippen LogP contribution is -2.12. The maximum atomic E-state index is 12.9. The van der Waals surface area contributed by atoms with E-state index in [1.807, 2.05) is 312 Å². The SMILES string of the molecule is Cc1cccc(C(=O)Cc2cccc(-c3nc(Nc4cc(C)ccn4)c4c(ccn4C)n3)c2)c1.Cc1cccc(CC(=O)Cc2cccc(-c3nc(NCc4ccncc4)c4c(ccn4C)n3)c2)c1.Cc1cccc(CC(=S)Cc2cccc(-c3nc(NCc4ccncc4)c4c(ccn4C)n3)c2)c1.Cc1cccc(NC(=O)c2cccc(-c3nc(Nc4cc(C)ccn4)c4c(ccn4C)n3)c2)c1. The normalized spacial score (nSPS) is 11.0. The molecule has 25 heteroatoms. The fourth-order valence-electron chi connectivity index (χ4n) is 16.5. The van der Waals surface area contributed by atoms with E-state index < -0.39 is 0 Å². The van der Waals surface area contributed by atoms with Crippen LogP contribution in [0.15, 0.2) is 329 Å². The number of pyridine rings is 4. The summed E-state index contributed by atoms with van der Waals surface area (Å²) in [5, 5.41) is 16.6. The third-order valence-corrected chi connectivity index (χ3v) is 23.6. The maximum absolute atomic E-state index is 12.9. The molecule has 20 rings (SSSR count). The summed E-state index contributed by atoms with van der Waals surface area (Å²) in [4.78, 5) is 95.2. The van der Waals surface area contributed by atoms with Gasteiger partial charge in [0.15, 0.2) is 52.4 Å². The van der Waals surface area contributed by atoms with Gasteiger partial charge >= 0.3 is 0 Å². The van der Waals surface area contributed by atoms with Gasteiger partial charge in [-0.15, -0.1) is 0 Å². The number of carbonyl (C=O) groups excluding carboxylic acids is 3. The average molecular weight is 1840 g/mol. The Bertz CT molecular complexity index is 7630. The topological polar surface area (TPSA) is 286 Å². The van der Waals surface area contributed by atoms with E-state index in [0.717, 1.165) is 163 Å². The number of nitrogens with one attached hydrogen (secondary N) is 5. The molecule has 1 amide bonds. The van der Waals surface area contributed by atoms with Gasteiger partial charge in [0, 0.05) is 179 Å². The molecule has 20 aromatic rings. The van der Waals surface area contributed by atoms with Crippen molar-refractivity contribution in [3.05, 3.63) is 412 Å². The minimum Gasteiger partial charge on any atom is -0.364 e. The van der Waals surface area contributed by atoms with E-state index in [4.69, 9.17) is 52.1 Å². The standard InChI is InChI=1S/C29H27N5O.C29H27N5S.C28H25N5O.C27H24N6O/c2*1-20-5-3-6-22(15-20)17-25(35)18-23-7-4-8-24(16-23)28-32-26-11-14-34(2)27(26)29(33-28)31-19-21-9-12-30-13-10-21;1-18-6-4-8-21(14-18)24(34)17-20-7-5-9-22(16-20)27-30-23-11-13-33(3)26(23)28(32-27)31-25-15-19(2)10-12-29-25;1-17-6-4-9-21(14-17)29-27(34)20-8-5-7-19(16-20)25-30-22-11-13-33(3)24(22)26(32-25)31-23-15-18(2)10-12-28-23/h2*3-16H,17-19H2,1-2H3,(H,31,32,33);4-16H,17H2,1-3H3,(H,29,30,31,32);4-16H,1-3H3,(H,29,34)(H,28,30,31,32). The molecule has 0 saturated carbocycles. The van der Waals surface area contributed by atoms with Crippen molar-refractivity contribution in [2.75, 3.05) is 26.6 Å². The summed E-state index contributed by atoms with van der Waals surface area (Å²) in [6.07, 6.45) is 21.3. The third kappa shape index (κ3) is 23.6. The number of amides is 1. The van der Waals surface area contributed by atoms with Crippen LogP contribution < -0.4 is 26.6 Å². The number of anilines is 7. The minimum absolute atomic E-state index is 0.0909. The molecular weight excluding hydrogens is 1730 g/mol. The Morgan fingerprint density at radius 2 is 0.645 bits per heavy atom. The Balaban J connectivity index is 0.000000127. The van der Waals surface area contributed by atoms with Gasteiger partial charge in [0.05, 0.1) is 22.1 Å². The van der Waals surface area contributed by atoms with Crippen LogP contribution in [0.5, 0.6) is 0 Å². The fourth-order valence-corrected chi connectivity index (χ4v) is 16.8. The summed E-state index contributed by atoms with van der Waals surface area (Å²) in [5.41, 5.74) is 27.1. The summed E-state index contributed by atoms with van der Waals surface area (Å²) in [6.45, 7) is 13.5. The number of aromatic nitrogens is 16. The van der Waals surface area contributed by atoms with Crippen molar-refractivity contribution < 1.29 is 14.4 Å². The molecule has 0 aliphatic heterocycles. The van der Waals surface area contributed by atoms with Gasteiger partial charge in [-0.2, -0.15) is 0 Å². The van der Waals surface area contributed by atoms with Gasteiger partial charge in [0.25, 0.3) is 5.91 Å². The summed E-state index contributed by atoms with van der Waals surface area (Å²) >= 11 is 5.74. The van der Waals surface area contributed by atoms with Crippen LogP contribution in [-0.4, -0.2) is 100 Å². The van der Waals surface area contributed by atoms with Gasteiger partial charge < -0.3 is 44.9 Å². The molecule has 0 radical (unpaired) electrons. The smallest absolute Gasteiger partial charge is 0.255 e. The van der Waals surface area contributed by atoms with Gasteiger partial charge in [-0.25, -0.2) is 49.8 Å². The van der Waals surface area contributed by atoms with Crippen LogP contribution in [0.1, 0.15) is 93.0 Å². The van der Waals surface area contributed by atoms with Gasteiger partial charge in [-0.1, -0.05) is 175 Å². The Hall–Kier alpha value is -17.1. The van der Waals surface area contributed by atoms with Crippen LogP contribution in [0.25, 0.3) is 89.7 Å². The molecule has 0 saturated heterocycles. The highest BCUT2D eigenvalue weighted by molar-refractivity contribution is 7.80. The highest BCUT2D eigenvalue weighted by Crippen LogP contribution is 2.34. The van der Waals surface area contributed by atoms with Crippen LogP contribution in [0.2, 0.25) is 0 Å². The zero-order valence-corrected chi connectivity index (χ0v) is 79.2. The monoisotopic (exact) mass is 1830 g/mol. The summed E-state index contributed by atoms with van der Waals surface area (Å²) < 4.78 is 8.04.